The van der Waals surface area contributed by atoms with Crippen molar-refractivity contribution in [3.05, 3.63) is 73.2 Å². The lowest BCUT2D eigenvalue weighted by molar-refractivity contribution is -0.908. The van der Waals surface area contributed by atoms with E-state index in [2.05, 4.69) is 9.97 Å². The minimum absolute atomic E-state index is 0.163. The Labute approximate surface area is 154 Å². The monoisotopic (exact) mass is 382 g/mol. The first-order chi connectivity index (χ1) is 11.4. The smallest absolute Gasteiger partial charge is 0.258 e. The molecule has 0 saturated heterocycles. The van der Waals surface area contributed by atoms with Crippen LogP contribution < -0.4 is 10.5 Å². The number of hydrogen-bond donors (Lipinski definition) is 2. The van der Waals surface area contributed by atoms with Crippen LogP contribution >= 0.6 is 34.8 Å². The summed E-state index contributed by atoms with van der Waals surface area (Å²) in [7, 11) is 2.01. The number of benzene rings is 2. The van der Waals surface area contributed by atoms with Crippen molar-refractivity contribution >= 4 is 45.7 Å². The predicted octanol–water partition coefficient (Wildman–Crippen LogP) is 3.10. The number of aromatic nitrogens is 2. The van der Waals surface area contributed by atoms with E-state index in [4.69, 9.17) is 34.8 Å². The van der Waals surface area contributed by atoms with E-state index in [0.717, 1.165) is 10.5 Å². The largest absolute Gasteiger partial charge is 0.327 e. The first-order valence-electron chi connectivity index (χ1n) is 7.36. The molecular formula is C17H15Cl3N3O+. The number of H-pyrrole nitrogens is 1. The van der Waals surface area contributed by atoms with E-state index in [0.29, 0.717) is 44.9 Å². The number of fused-ring (bicyclic) bond motifs is 1. The standard InChI is InChI=1S/C17H14Cl3N3O/c1-23(8-10-2-3-11(18)6-14(10)20)9-16-21-15-7-12(19)4-5-13(15)17(24)22-16/h2-7H,8-9H2,1H3,(H,21,22,24)/p+1. The van der Waals surface area contributed by atoms with Crippen molar-refractivity contribution in [1.82, 2.24) is 9.97 Å². The molecule has 7 heteroatoms. The maximum atomic E-state index is 12.2. The minimum atomic E-state index is -0.163. The zero-order chi connectivity index (χ0) is 17.3. The molecule has 124 valence electrons. The SMILES string of the molecule is C[NH+](Cc1nc2cc(Cl)ccc2c(=O)[nH]1)Cc1ccc(Cl)cc1Cl. The molecule has 2 aromatic carbocycles. The minimum Gasteiger partial charge on any atom is -0.327 e. The van der Waals surface area contributed by atoms with Crippen molar-refractivity contribution in [3.8, 4) is 0 Å². The first-order valence-corrected chi connectivity index (χ1v) is 8.49. The highest BCUT2D eigenvalue weighted by Gasteiger charge is 2.12. The molecule has 0 saturated carbocycles. The van der Waals surface area contributed by atoms with Crippen LogP contribution in [0.2, 0.25) is 15.1 Å². The van der Waals surface area contributed by atoms with E-state index in [-0.39, 0.29) is 5.56 Å². The van der Waals surface area contributed by atoms with Crippen LogP contribution in [0.4, 0.5) is 0 Å². The quantitative estimate of drug-likeness (QED) is 0.727. The third-order valence-electron chi connectivity index (χ3n) is 3.69. The van der Waals surface area contributed by atoms with Crippen LogP contribution in [-0.4, -0.2) is 17.0 Å². The van der Waals surface area contributed by atoms with Crippen LogP contribution in [-0.2, 0) is 13.1 Å². The van der Waals surface area contributed by atoms with Gasteiger partial charge in [0.1, 0.15) is 13.1 Å². The lowest BCUT2D eigenvalue weighted by Crippen LogP contribution is -3.06. The van der Waals surface area contributed by atoms with Crippen LogP contribution in [0.15, 0.2) is 41.2 Å². The van der Waals surface area contributed by atoms with Gasteiger partial charge in [0.15, 0.2) is 5.82 Å². The fourth-order valence-electron chi connectivity index (χ4n) is 2.58. The Bertz CT molecular complexity index is 955. The zero-order valence-corrected chi connectivity index (χ0v) is 15.1. The summed E-state index contributed by atoms with van der Waals surface area (Å²) in [6.07, 6.45) is 0. The third-order valence-corrected chi connectivity index (χ3v) is 4.52. The molecule has 4 nitrogen and oxygen atoms in total. The fraction of sp³-hybridized carbons (Fsp3) is 0.176. The molecule has 0 fully saturated rings. The highest BCUT2D eigenvalue weighted by molar-refractivity contribution is 6.35. The molecule has 0 amide bonds. The van der Waals surface area contributed by atoms with E-state index in [1.807, 2.05) is 19.2 Å². The van der Waals surface area contributed by atoms with E-state index < -0.39 is 0 Å². The lowest BCUT2D eigenvalue weighted by Gasteiger charge is -2.14. The number of hydrogen-bond acceptors (Lipinski definition) is 2. The van der Waals surface area contributed by atoms with Gasteiger partial charge < -0.3 is 9.88 Å². The molecule has 0 bridgehead atoms. The van der Waals surface area contributed by atoms with Crippen LogP contribution in [0.1, 0.15) is 11.4 Å². The Hall–Kier alpha value is -1.59. The molecular weight excluding hydrogens is 369 g/mol. The molecule has 24 heavy (non-hydrogen) atoms. The van der Waals surface area contributed by atoms with E-state index in [1.165, 1.54) is 0 Å². The van der Waals surface area contributed by atoms with Gasteiger partial charge in [0, 0.05) is 15.6 Å². The van der Waals surface area contributed by atoms with Crippen LogP contribution in [0.3, 0.4) is 0 Å². The highest BCUT2D eigenvalue weighted by atomic mass is 35.5. The van der Waals surface area contributed by atoms with Gasteiger partial charge in [0.25, 0.3) is 5.56 Å². The molecule has 3 rings (SSSR count). The molecule has 2 N–H and O–H groups in total. The summed E-state index contributed by atoms with van der Waals surface area (Å²) in [5.41, 5.74) is 1.42. The van der Waals surface area contributed by atoms with Gasteiger partial charge in [0.2, 0.25) is 0 Å². The molecule has 0 aliphatic carbocycles. The summed E-state index contributed by atoms with van der Waals surface area (Å²) < 4.78 is 0. The Morgan fingerprint density at radius 3 is 2.50 bits per heavy atom. The number of aromatic amines is 1. The normalized spacial score (nSPS) is 12.5. The van der Waals surface area contributed by atoms with Crippen molar-refractivity contribution < 1.29 is 4.90 Å². The maximum absolute atomic E-state index is 12.2. The molecule has 0 aliphatic heterocycles. The van der Waals surface area contributed by atoms with Gasteiger partial charge in [-0.1, -0.05) is 40.9 Å². The van der Waals surface area contributed by atoms with Gasteiger partial charge >= 0.3 is 0 Å². The van der Waals surface area contributed by atoms with Gasteiger partial charge in [-0.25, -0.2) is 4.98 Å². The van der Waals surface area contributed by atoms with E-state index >= 15 is 0 Å². The summed E-state index contributed by atoms with van der Waals surface area (Å²) in [5.74, 6) is 0.609. The molecule has 1 unspecified atom stereocenters. The Morgan fingerprint density at radius 1 is 1.04 bits per heavy atom. The Balaban J connectivity index is 1.82. The number of halogens is 3. The molecule has 1 aromatic heterocycles. The van der Waals surface area contributed by atoms with Gasteiger partial charge in [-0.05, 0) is 30.3 Å². The number of nitrogens with one attached hydrogen (secondary N) is 2. The third kappa shape index (κ3) is 3.90. The van der Waals surface area contributed by atoms with Crippen molar-refractivity contribution in [2.45, 2.75) is 13.1 Å². The summed E-state index contributed by atoms with van der Waals surface area (Å²) in [5, 5.41) is 2.33. The van der Waals surface area contributed by atoms with Crippen molar-refractivity contribution in [2.24, 2.45) is 0 Å². The second-order valence-corrected chi connectivity index (χ2v) is 7.00. The fourth-order valence-corrected chi connectivity index (χ4v) is 3.22. The molecule has 1 heterocycles. The Morgan fingerprint density at radius 2 is 1.75 bits per heavy atom. The number of nitrogens with zero attached hydrogens (tertiary/aromatic N) is 1. The average Bonchev–Trinajstić information content (AvgIpc) is 2.49. The number of quaternary nitrogens is 1. The summed E-state index contributed by atoms with van der Waals surface area (Å²) in [6, 6.07) is 10.5. The summed E-state index contributed by atoms with van der Waals surface area (Å²) in [6.45, 7) is 1.24. The van der Waals surface area contributed by atoms with Gasteiger partial charge in [-0.2, -0.15) is 0 Å². The first kappa shape index (κ1) is 17.2. The molecule has 0 spiro atoms. The number of rotatable bonds is 4. The zero-order valence-electron chi connectivity index (χ0n) is 12.9. The molecule has 0 radical (unpaired) electrons. The summed E-state index contributed by atoms with van der Waals surface area (Å²) >= 11 is 18.1. The van der Waals surface area contributed by atoms with Crippen LogP contribution in [0, 0.1) is 0 Å². The van der Waals surface area contributed by atoms with Crippen LogP contribution in [0.25, 0.3) is 10.9 Å². The maximum Gasteiger partial charge on any atom is 0.258 e. The van der Waals surface area contributed by atoms with Gasteiger partial charge in [-0.3, -0.25) is 4.79 Å². The average molecular weight is 384 g/mol. The Kier molecular flexibility index (Phi) is 5.11. The topological polar surface area (TPSA) is 50.2 Å². The lowest BCUT2D eigenvalue weighted by atomic mass is 10.2. The second-order valence-electron chi connectivity index (χ2n) is 5.72. The van der Waals surface area contributed by atoms with Gasteiger partial charge in [0.05, 0.1) is 23.0 Å². The molecule has 1 atom stereocenters. The summed E-state index contributed by atoms with van der Waals surface area (Å²) in [4.78, 5) is 20.6. The van der Waals surface area contributed by atoms with Crippen molar-refractivity contribution in [3.63, 3.8) is 0 Å². The highest BCUT2D eigenvalue weighted by Crippen LogP contribution is 2.20. The van der Waals surface area contributed by atoms with E-state index in [1.54, 1.807) is 24.3 Å². The molecule has 0 aliphatic rings. The van der Waals surface area contributed by atoms with E-state index in [9.17, 15) is 4.79 Å². The van der Waals surface area contributed by atoms with Crippen molar-refractivity contribution in [1.29, 1.82) is 0 Å². The van der Waals surface area contributed by atoms with Crippen LogP contribution in [0.5, 0.6) is 0 Å². The van der Waals surface area contributed by atoms with Crippen molar-refractivity contribution in [2.75, 3.05) is 7.05 Å². The molecule has 3 aromatic rings. The second kappa shape index (κ2) is 7.11. The predicted molar refractivity (Wildman–Crippen MR) is 98.1 cm³/mol. The van der Waals surface area contributed by atoms with Gasteiger partial charge in [-0.15, -0.1) is 0 Å².